The Kier molecular flexibility index (Phi) is 3.75. The van der Waals surface area contributed by atoms with Crippen LogP contribution in [-0.2, 0) is 24.2 Å². The van der Waals surface area contributed by atoms with E-state index in [-0.39, 0.29) is 5.78 Å². The Hall–Kier alpha value is -3.40. The first-order chi connectivity index (χ1) is 13.3. The monoisotopic (exact) mass is 351 g/mol. The lowest BCUT2D eigenvalue weighted by Gasteiger charge is -2.06. The molecule has 130 valence electrons. The van der Waals surface area contributed by atoms with Gasteiger partial charge in [0.15, 0.2) is 5.78 Å². The summed E-state index contributed by atoms with van der Waals surface area (Å²) < 4.78 is 0. The van der Waals surface area contributed by atoms with E-state index in [4.69, 9.17) is 4.98 Å². The molecule has 3 heterocycles. The summed E-state index contributed by atoms with van der Waals surface area (Å²) in [5.74, 6) is 0.169. The van der Waals surface area contributed by atoms with Gasteiger partial charge in [-0.2, -0.15) is 0 Å². The number of rotatable bonds is 4. The summed E-state index contributed by atoms with van der Waals surface area (Å²) in [7, 11) is 0. The third kappa shape index (κ3) is 2.89. The maximum Gasteiger partial charge on any atom is 0.163 e. The fourth-order valence-electron chi connectivity index (χ4n) is 3.69. The molecule has 0 saturated carbocycles. The average molecular weight is 351 g/mol. The average Bonchev–Trinajstić information content (AvgIpc) is 3.31. The zero-order valence-electron chi connectivity index (χ0n) is 14.7. The van der Waals surface area contributed by atoms with Crippen LogP contribution in [0.2, 0.25) is 0 Å². The van der Waals surface area contributed by atoms with E-state index in [1.807, 2.05) is 48.5 Å². The molecule has 0 atom stereocenters. The summed E-state index contributed by atoms with van der Waals surface area (Å²) in [6.07, 6.45) is 6.59. The molecule has 2 aromatic heterocycles. The van der Waals surface area contributed by atoms with Crippen molar-refractivity contribution >= 4 is 17.6 Å². The molecule has 0 radical (unpaired) electrons. The van der Waals surface area contributed by atoms with Gasteiger partial charge in [0, 0.05) is 41.9 Å². The highest BCUT2D eigenvalue weighted by molar-refractivity contribution is 6.15. The first kappa shape index (κ1) is 15.8. The van der Waals surface area contributed by atoms with Crippen LogP contribution in [0.4, 0.5) is 0 Å². The third-order valence-electron chi connectivity index (χ3n) is 5.06. The van der Waals surface area contributed by atoms with Crippen LogP contribution in [0.15, 0.2) is 71.5 Å². The number of nitrogens with zero attached hydrogens (tertiary/aromatic N) is 3. The Morgan fingerprint density at radius 2 is 1.81 bits per heavy atom. The van der Waals surface area contributed by atoms with Crippen molar-refractivity contribution < 1.29 is 4.79 Å². The fraction of sp³-hybridized carbons (Fsp3) is 0.130. The van der Waals surface area contributed by atoms with Crippen LogP contribution >= 0.6 is 0 Å². The van der Waals surface area contributed by atoms with Gasteiger partial charge in [-0.1, -0.05) is 30.3 Å². The van der Waals surface area contributed by atoms with Gasteiger partial charge in [-0.3, -0.25) is 19.8 Å². The van der Waals surface area contributed by atoms with Crippen LogP contribution < -0.4 is 0 Å². The molecule has 0 bridgehead atoms. The topological polar surface area (TPSA) is 55.2 Å². The van der Waals surface area contributed by atoms with Gasteiger partial charge in [-0.05, 0) is 35.4 Å². The van der Waals surface area contributed by atoms with Gasteiger partial charge in [-0.15, -0.1) is 0 Å². The van der Waals surface area contributed by atoms with Crippen molar-refractivity contribution in [1.29, 1.82) is 0 Å². The predicted octanol–water partition coefficient (Wildman–Crippen LogP) is 3.58. The van der Waals surface area contributed by atoms with E-state index in [0.29, 0.717) is 19.4 Å². The molecule has 0 saturated heterocycles. The van der Waals surface area contributed by atoms with E-state index >= 15 is 0 Å². The zero-order chi connectivity index (χ0) is 18.2. The number of benzene rings is 1. The van der Waals surface area contributed by atoms with Gasteiger partial charge >= 0.3 is 0 Å². The van der Waals surface area contributed by atoms with E-state index in [2.05, 4.69) is 16.0 Å². The molecule has 4 heteroatoms. The summed E-state index contributed by atoms with van der Waals surface area (Å²) >= 11 is 0. The highest BCUT2D eigenvalue weighted by Crippen LogP contribution is 2.30. The highest BCUT2D eigenvalue weighted by atomic mass is 16.1. The van der Waals surface area contributed by atoms with Gasteiger partial charge in [0.1, 0.15) is 0 Å². The van der Waals surface area contributed by atoms with Gasteiger partial charge < -0.3 is 0 Å². The lowest BCUT2D eigenvalue weighted by molar-refractivity contribution is -0.114. The lowest BCUT2D eigenvalue weighted by atomic mass is 10.0. The quantitative estimate of drug-likeness (QED) is 0.722. The predicted molar refractivity (Wildman–Crippen MR) is 105 cm³/mol. The Morgan fingerprint density at radius 1 is 1.00 bits per heavy atom. The van der Waals surface area contributed by atoms with E-state index in [1.165, 1.54) is 0 Å². The Bertz CT molecular complexity index is 1100. The second-order valence-electron chi connectivity index (χ2n) is 6.85. The first-order valence-corrected chi connectivity index (χ1v) is 9.03. The third-order valence-corrected chi connectivity index (χ3v) is 5.06. The second-order valence-corrected chi connectivity index (χ2v) is 6.85. The SMILES string of the molecule is O=C(Cc1ccccc1)C1=Cc2cc3c(nc2C1)CN=C3c1ccncc1. The number of fused-ring (bicyclic) bond motifs is 2. The molecule has 1 aromatic carbocycles. The largest absolute Gasteiger partial charge is 0.294 e. The molecule has 4 nitrogen and oxygen atoms in total. The number of carbonyl (C=O) groups excluding carboxylic acids is 1. The van der Waals surface area contributed by atoms with E-state index in [9.17, 15) is 4.79 Å². The summed E-state index contributed by atoms with van der Waals surface area (Å²) in [5, 5.41) is 0. The number of carbonyl (C=O) groups is 1. The highest BCUT2D eigenvalue weighted by Gasteiger charge is 2.25. The standard InChI is InChI=1S/C23H17N3O/c27-22(10-15-4-2-1-3-5-15)18-11-17-12-19-21(26-20(17)13-18)14-25-23(19)16-6-8-24-9-7-16/h1-9,11-12H,10,13-14H2. The van der Waals surface area contributed by atoms with Gasteiger partial charge in [0.05, 0.1) is 23.6 Å². The number of aromatic nitrogens is 2. The number of ketones is 1. The number of hydrogen-bond acceptors (Lipinski definition) is 4. The summed E-state index contributed by atoms with van der Waals surface area (Å²) in [6, 6.07) is 15.9. The molecule has 27 heavy (non-hydrogen) atoms. The van der Waals surface area contributed by atoms with Gasteiger partial charge in [0.2, 0.25) is 0 Å². The molecular weight excluding hydrogens is 334 g/mol. The molecule has 1 aliphatic heterocycles. The maximum absolute atomic E-state index is 12.7. The molecule has 0 spiro atoms. The van der Waals surface area contributed by atoms with Crippen molar-refractivity contribution in [3.8, 4) is 0 Å². The smallest absolute Gasteiger partial charge is 0.163 e. The molecular formula is C23H17N3O. The van der Waals surface area contributed by atoms with Crippen molar-refractivity contribution in [2.45, 2.75) is 19.4 Å². The number of pyridine rings is 2. The molecule has 0 N–H and O–H groups in total. The normalized spacial score (nSPS) is 14.4. The first-order valence-electron chi connectivity index (χ1n) is 9.03. The lowest BCUT2D eigenvalue weighted by Crippen LogP contribution is -2.07. The van der Waals surface area contributed by atoms with Crippen molar-refractivity contribution in [2.24, 2.45) is 4.99 Å². The number of Topliss-reactive ketones (excluding diaryl/α,β-unsaturated/α-hetero) is 1. The molecule has 1 aliphatic carbocycles. The van der Waals surface area contributed by atoms with E-state index in [0.717, 1.165) is 44.9 Å². The fourth-order valence-corrected chi connectivity index (χ4v) is 3.69. The summed E-state index contributed by atoms with van der Waals surface area (Å²) in [6.45, 7) is 0.591. The van der Waals surface area contributed by atoms with Gasteiger partial charge in [0.25, 0.3) is 0 Å². The molecule has 2 aliphatic rings. The van der Waals surface area contributed by atoms with Crippen LogP contribution in [0.5, 0.6) is 0 Å². The van der Waals surface area contributed by atoms with Crippen LogP contribution in [0.3, 0.4) is 0 Å². The second kappa shape index (κ2) is 6.40. The molecule has 0 fully saturated rings. The van der Waals surface area contributed by atoms with Crippen LogP contribution in [-0.4, -0.2) is 21.5 Å². The molecule has 0 amide bonds. The maximum atomic E-state index is 12.7. The van der Waals surface area contributed by atoms with Crippen LogP contribution in [0.25, 0.3) is 6.08 Å². The molecule has 0 unspecified atom stereocenters. The van der Waals surface area contributed by atoms with Crippen LogP contribution in [0, 0.1) is 0 Å². The van der Waals surface area contributed by atoms with Crippen molar-refractivity contribution in [1.82, 2.24) is 9.97 Å². The minimum atomic E-state index is 0.169. The van der Waals surface area contributed by atoms with Crippen LogP contribution in [0.1, 0.15) is 33.6 Å². The van der Waals surface area contributed by atoms with Gasteiger partial charge in [-0.25, -0.2) is 0 Å². The van der Waals surface area contributed by atoms with Crippen molar-refractivity contribution in [3.05, 3.63) is 100 Å². The Labute approximate surface area is 157 Å². The molecule has 5 rings (SSSR count). The number of aliphatic imine (C=N–C) groups is 1. The van der Waals surface area contributed by atoms with Crippen molar-refractivity contribution in [3.63, 3.8) is 0 Å². The Morgan fingerprint density at radius 3 is 2.63 bits per heavy atom. The van der Waals surface area contributed by atoms with E-state index in [1.54, 1.807) is 12.4 Å². The van der Waals surface area contributed by atoms with Crippen molar-refractivity contribution in [2.75, 3.05) is 0 Å². The Balaban J connectivity index is 1.43. The number of hydrogen-bond donors (Lipinski definition) is 0. The summed E-state index contributed by atoms with van der Waals surface area (Å²) in [5.41, 5.74) is 7.96. The molecule has 3 aromatic rings. The minimum Gasteiger partial charge on any atom is -0.294 e. The van der Waals surface area contributed by atoms with E-state index < -0.39 is 0 Å². The number of allylic oxidation sites excluding steroid dienone is 1. The zero-order valence-corrected chi connectivity index (χ0v) is 14.7. The minimum absolute atomic E-state index is 0.169. The summed E-state index contributed by atoms with van der Waals surface area (Å²) in [4.78, 5) is 26.3.